The van der Waals surface area contributed by atoms with E-state index in [9.17, 15) is 4.79 Å². The molecule has 0 spiro atoms. The Kier molecular flexibility index (Phi) is 4.25. The number of hydrogen-bond donors (Lipinski definition) is 0. The average Bonchev–Trinajstić information content (AvgIpc) is 3.00. The lowest BCUT2D eigenvalue weighted by atomic mass is 9.98. The Morgan fingerprint density at radius 3 is 2.86 bits per heavy atom. The molecule has 3 nitrogen and oxygen atoms in total. The maximum atomic E-state index is 12.2. The van der Waals surface area contributed by atoms with Crippen LogP contribution in [0.15, 0.2) is 53.6 Å². The predicted molar refractivity (Wildman–Crippen MR) is 87.8 cm³/mol. The molecule has 1 atom stereocenters. The molecule has 0 bridgehead atoms. The Balaban J connectivity index is 1.98. The summed E-state index contributed by atoms with van der Waals surface area (Å²) in [5.74, 6) is 0.0101. The van der Waals surface area contributed by atoms with E-state index in [1.54, 1.807) is 5.01 Å². The van der Waals surface area contributed by atoms with Crippen LogP contribution in [0.25, 0.3) is 0 Å². The summed E-state index contributed by atoms with van der Waals surface area (Å²) in [7, 11) is 0. The highest BCUT2D eigenvalue weighted by Crippen LogP contribution is 2.34. The second-order valence-corrected chi connectivity index (χ2v) is 5.58. The standard InChI is InChI=1S/C18H16ClN2O/c1-2-18(22)21-17(13-8-4-3-5-9-13)12-16(20-21)14-10-6-7-11-15(14)19/h3-4,6-11,17H,2,12H2,1H3. The second-order valence-electron chi connectivity index (χ2n) is 5.18. The minimum Gasteiger partial charge on any atom is -0.273 e. The molecule has 0 aromatic heterocycles. The van der Waals surface area contributed by atoms with E-state index in [1.165, 1.54) is 0 Å². The summed E-state index contributed by atoms with van der Waals surface area (Å²) in [6.07, 6.45) is 1.08. The van der Waals surface area contributed by atoms with E-state index < -0.39 is 0 Å². The molecule has 1 amide bonds. The summed E-state index contributed by atoms with van der Waals surface area (Å²) in [6.45, 7) is 1.85. The summed E-state index contributed by atoms with van der Waals surface area (Å²) >= 11 is 6.27. The highest BCUT2D eigenvalue weighted by atomic mass is 35.5. The summed E-state index contributed by atoms with van der Waals surface area (Å²) < 4.78 is 0. The molecule has 0 fully saturated rings. The number of nitrogens with zero attached hydrogens (tertiary/aromatic N) is 2. The van der Waals surface area contributed by atoms with Crippen LogP contribution in [0.3, 0.4) is 0 Å². The Morgan fingerprint density at radius 1 is 1.36 bits per heavy atom. The molecule has 111 valence electrons. The molecule has 2 aromatic carbocycles. The first kappa shape index (κ1) is 14.8. The molecule has 4 heteroatoms. The molecular weight excluding hydrogens is 296 g/mol. The monoisotopic (exact) mass is 311 g/mol. The van der Waals surface area contributed by atoms with E-state index in [4.69, 9.17) is 11.6 Å². The first-order valence-corrected chi connectivity index (χ1v) is 7.69. The number of rotatable bonds is 3. The van der Waals surface area contributed by atoms with Gasteiger partial charge < -0.3 is 0 Å². The van der Waals surface area contributed by atoms with Gasteiger partial charge >= 0.3 is 0 Å². The quantitative estimate of drug-likeness (QED) is 0.835. The lowest BCUT2D eigenvalue weighted by Crippen LogP contribution is -2.26. The van der Waals surface area contributed by atoms with Gasteiger partial charge in [0.2, 0.25) is 5.91 Å². The van der Waals surface area contributed by atoms with Crippen LogP contribution in [0.4, 0.5) is 0 Å². The average molecular weight is 312 g/mol. The molecule has 1 heterocycles. The Labute approximate surface area is 135 Å². The van der Waals surface area contributed by atoms with Crippen LogP contribution in [-0.4, -0.2) is 16.6 Å². The minimum absolute atomic E-state index is 0.0101. The van der Waals surface area contributed by atoms with Gasteiger partial charge in [0, 0.05) is 23.4 Å². The SMILES string of the molecule is CCC(=O)N1N=C(c2ccccc2Cl)CC1c1c[c]ccc1. The van der Waals surface area contributed by atoms with E-state index in [0.717, 1.165) is 16.8 Å². The van der Waals surface area contributed by atoms with Crippen LogP contribution in [0.5, 0.6) is 0 Å². The summed E-state index contributed by atoms with van der Waals surface area (Å²) in [4.78, 5) is 12.2. The molecule has 0 aliphatic carbocycles. The third-order valence-corrected chi connectivity index (χ3v) is 4.10. The Morgan fingerprint density at radius 2 is 2.18 bits per heavy atom. The number of halogens is 1. The van der Waals surface area contributed by atoms with Crippen molar-refractivity contribution in [2.75, 3.05) is 0 Å². The zero-order valence-electron chi connectivity index (χ0n) is 12.3. The molecular formula is C18H16ClN2O. The first-order chi connectivity index (χ1) is 10.7. The van der Waals surface area contributed by atoms with Crippen molar-refractivity contribution in [2.45, 2.75) is 25.8 Å². The van der Waals surface area contributed by atoms with Crippen LogP contribution in [0, 0.1) is 6.07 Å². The van der Waals surface area contributed by atoms with Crippen molar-refractivity contribution in [3.05, 3.63) is 70.7 Å². The molecule has 2 aromatic rings. The Hall–Kier alpha value is -2.13. The van der Waals surface area contributed by atoms with Crippen LogP contribution in [0.2, 0.25) is 5.02 Å². The highest BCUT2D eigenvalue weighted by Gasteiger charge is 2.32. The normalized spacial score (nSPS) is 17.5. The maximum Gasteiger partial charge on any atom is 0.242 e. The fourth-order valence-electron chi connectivity index (χ4n) is 2.63. The van der Waals surface area contributed by atoms with Gasteiger partial charge in [-0.1, -0.05) is 54.9 Å². The second kappa shape index (κ2) is 6.32. The molecule has 0 N–H and O–H groups in total. The number of benzene rings is 2. The molecule has 1 radical (unpaired) electrons. The van der Waals surface area contributed by atoms with Gasteiger partial charge in [0.15, 0.2) is 0 Å². The smallest absolute Gasteiger partial charge is 0.242 e. The van der Waals surface area contributed by atoms with Crippen molar-refractivity contribution in [3.63, 3.8) is 0 Å². The van der Waals surface area contributed by atoms with Crippen molar-refractivity contribution in [1.29, 1.82) is 0 Å². The van der Waals surface area contributed by atoms with Gasteiger partial charge in [-0.3, -0.25) is 4.79 Å². The fraction of sp³-hybridized carbons (Fsp3) is 0.222. The van der Waals surface area contributed by atoms with Gasteiger partial charge in [0.05, 0.1) is 11.8 Å². The largest absolute Gasteiger partial charge is 0.273 e. The summed E-state index contributed by atoms with van der Waals surface area (Å²) in [5, 5.41) is 6.79. The van der Waals surface area contributed by atoms with E-state index in [1.807, 2.05) is 55.5 Å². The minimum atomic E-state index is -0.0869. The molecule has 0 saturated heterocycles. The van der Waals surface area contributed by atoms with Crippen molar-refractivity contribution in [3.8, 4) is 0 Å². The van der Waals surface area contributed by atoms with E-state index in [-0.39, 0.29) is 11.9 Å². The number of hydrazone groups is 1. The third kappa shape index (κ3) is 2.77. The molecule has 1 unspecified atom stereocenters. The summed E-state index contributed by atoms with van der Waals surface area (Å²) in [5.41, 5.74) is 2.77. The van der Waals surface area contributed by atoms with Crippen LogP contribution in [-0.2, 0) is 4.79 Å². The lowest BCUT2D eigenvalue weighted by molar-refractivity contribution is -0.132. The van der Waals surface area contributed by atoms with Crippen LogP contribution >= 0.6 is 11.6 Å². The topological polar surface area (TPSA) is 32.7 Å². The van der Waals surface area contributed by atoms with Gasteiger partial charge in [0.1, 0.15) is 0 Å². The van der Waals surface area contributed by atoms with Gasteiger partial charge in [-0.15, -0.1) is 0 Å². The number of carbonyl (C=O) groups is 1. The molecule has 22 heavy (non-hydrogen) atoms. The van der Waals surface area contributed by atoms with E-state index >= 15 is 0 Å². The molecule has 1 aliphatic heterocycles. The van der Waals surface area contributed by atoms with Crippen molar-refractivity contribution in [1.82, 2.24) is 5.01 Å². The van der Waals surface area contributed by atoms with Gasteiger partial charge in [-0.2, -0.15) is 5.10 Å². The number of carbonyl (C=O) groups excluding carboxylic acids is 1. The predicted octanol–water partition coefficient (Wildman–Crippen LogP) is 4.23. The lowest BCUT2D eigenvalue weighted by Gasteiger charge is -2.21. The highest BCUT2D eigenvalue weighted by molar-refractivity contribution is 6.34. The van der Waals surface area contributed by atoms with E-state index in [0.29, 0.717) is 17.9 Å². The zero-order chi connectivity index (χ0) is 15.5. The van der Waals surface area contributed by atoms with Gasteiger partial charge in [0.25, 0.3) is 0 Å². The van der Waals surface area contributed by atoms with E-state index in [2.05, 4.69) is 11.2 Å². The van der Waals surface area contributed by atoms with Gasteiger partial charge in [-0.05, 0) is 23.8 Å². The van der Waals surface area contributed by atoms with Crippen LogP contribution in [0.1, 0.15) is 36.9 Å². The molecule has 3 rings (SSSR count). The molecule has 1 aliphatic rings. The number of amides is 1. The molecule has 0 saturated carbocycles. The third-order valence-electron chi connectivity index (χ3n) is 3.77. The van der Waals surface area contributed by atoms with Gasteiger partial charge in [-0.25, -0.2) is 5.01 Å². The van der Waals surface area contributed by atoms with Crippen molar-refractivity contribution >= 4 is 23.2 Å². The van der Waals surface area contributed by atoms with Crippen molar-refractivity contribution < 1.29 is 4.79 Å². The number of hydrogen-bond acceptors (Lipinski definition) is 2. The van der Waals surface area contributed by atoms with Crippen molar-refractivity contribution in [2.24, 2.45) is 5.10 Å². The first-order valence-electron chi connectivity index (χ1n) is 7.31. The van der Waals surface area contributed by atoms with Crippen LogP contribution < -0.4 is 0 Å². The summed E-state index contributed by atoms with van der Waals surface area (Å²) in [6, 6.07) is 18.3. The maximum absolute atomic E-state index is 12.2. The fourth-order valence-corrected chi connectivity index (χ4v) is 2.88. The zero-order valence-corrected chi connectivity index (χ0v) is 13.0. The Bertz CT molecular complexity index is 712.